The van der Waals surface area contributed by atoms with Gasteiger partial charge in [-0.3, -0.25) is 9.59 Å². The van der Waals surface area contributed by atoms with Gasteiger partial charge >= 0.3 is 0 Å². The Labute approximate surface area is 185 Å². The lowest BCUT2D eigenvalue weighted by Gasteiger charge is -2.31. The van der Waals surface area contributed by atoms with Crippen LogP contribution in [0.5, 0.6) is 0 Å². The van der Waals surface area contributed by atoms with Crippen LogP contribution in [0.1, 0.15) is 67.8 Å². The molecule has 3 atom stereocenters. The zero-order valence-corrected chi connectivity index (χ0v) is 18.6. The number of rotatable bonds is 7. The molecule has 1 aliphatic heterocycles. The molecule has 2 N–H and O–H groups in total. The third-order valence-corrected chi connectivity index (χ3v) is 6.55. The molecule has 2 aromatic carbocycles. The summed E-state index contributed by atoms with van der Waals surface area (Å²) in [6.45, 7) is 6.01. The van der Waals surface area contributed by atoms with Crippen molar-refractivity contribution in [3.8, 4) is 0 Å². The van der Waals surface area contributed by atoms with Crippen LogP contribution in [-0.4, -0.2) is 30.9 Å². The predicted octanol–water partition coefficient (Wildman–Crippen LogP) is 4.95. The van der Waals surface area contributed by atoms with Gasteiger partial charge in [0, 0.05) is 36.4 Å². The molecule has 4 rings (SSSR count). The summed E-state index contributed by atoms with van der Waals surface area (Å²) in [5.74, 6) is 0.260. The Bertz CT molecular complexity index is 922. The Kier molecular flexibility index (Phi) is 6.59. The molecular weight excluding hydrogens is 386 g/mol. The number of nitrogens with one attached hydrogen (secondary N) is 2. The van der Waals surface area contributed by atoms with Crippen LogP contribution in [0.3, 0.4) is 0 Å². The number of piperidine rings is 1. The Morgan fingerprint density at radius 3 is 2.52 bits per heavy atom. The summed E-state index contributed by atoms with van der Waals surface area (Å²) in [6.07, 6.45) is 5.29. The molecule has 5 nitrogen and oxygen atoms in total. The number of nitrogens with zero attached hydrogens (tertiary/aromatic N) is 1. The second kappa shape index (κ2) is 9.54. The quantitative estimate of drug-likeness (QED) is 0.668. The topological polar surface area (TPSA) is 61.4 Å². The third kappa shape index (κ3) is 5.09. The molecule has 2 amide bonds. The van der Waals surface area contributed by atoms with Crippen LogP contribution >= 0.6 is 0 Å². The summed E-state index contributed by atoms with van der Waals surface area (Å²) in [7, 11) is 0. The monoisotopic (exact) mass is 419 g/mol. The Hall–Kier alpha value is -2.82. The van der Waals surface area contributed by atoms with Crippen molar-refractivity contribution in [3.63, 3.8) is 0 Å². The first-order valence-corrected chi connectivity index (χ1v) is 11.6. The van der Waals surface area contributed by atoms with E-state index >= 15 is 0 Å². The first-order chi connectivity index (χ1) is 15.1. The highest BCUT2D eigenvalue weighted by atomic mass is 16.2. The lowest BCUT2D eigenvalue weighted by molar-refractivity contribution is -0.117. The number of anilines is 2. The van der Waals surface area contributed by atoms with Crippen molar-refractivity contribution in [3.05, 3.63) is 59.7 Å². The highest BCUT2D eigenvalue weighted by molar-refractivity contribution is 6.02. The van der Waals surface area contributed by atoms with Gasteiger partial charge in [0.25, 0.3) is 5.91 Å². The second-order valence-electron chi connectivity index (χ2n) is 8.91. The van der Waals surface area contributed by atoms with Gasteiger partial charge in [0.2, 0.25) is 5.91 Å². The number of amides is 2. The number of hydrogen-bond acceptors (Lipinski definition) is 3. The maximum Gasteiger partial charge on any atom is 0.253 e. The maximum atomic E-state index is 13.0. The normalized spacial score (nSPS) is 21.3. The van der Waals surface area contributed by atoms with Gasteiger partial charge in [-0.05, 0) is 68.7 Å². The SMILES string of the molecule is CC[C@@H](C)NC(=O)c1cc(NC(=O)[C@@H]2C[C@H]2c2ccccc2)ccc1N1CCCCC1. The molecule has 1 saturated heterocycles. The Morgan fingerprint density at radius 1 is 1.06 bits per heavy atom. The minimum atomic E-state index is -0.0698. The van der Waals surface area contributed by atoms with Crippen LogP contribution in [0.25, 0.3) is 0 Å². The van der Waals surface area contributed by atoms with Crippen molar-refractivity contribution in [1.29, 1.82) is 0 Å². The van der Waals surface area contributed by atoms with E-state index in [1.807, 2.05) is 43.3 Å². The van der Waals surface area contributed by atoms with Gasteiger partial charge in [0.1, 0.15) is 0 Å². The lowest BCUT2D eigenvalue weighted by atomic mass is 10.0. The number of hydrogen-bond donors (Lipinski definition) is 2. The van der Waals surface area contributed by atoms with Crippen molar-refractivity contribution in [2.75, 3.05) is 23.3 Å². The zero-order valence-electron chi connectivity index (χ0n) is 18.6. The molecule has 0 unspecified atom stereocenters. The molecule has 2 aromatic rings. The van der Waals surface area contributed by atoms with E-state index in [-0.39, 0.29) is 23.8 Å². The first kappa shape index (κ1) is 21.4. The fraction of sp³-hybridized carbons (Fsp3) is 0.462. The molecule has 0 aromatic heterocycles. The van der Waals surface area contributed by atoms with Crippen LogP contribution in [0.2, 0.25) is 0 Å². The van der Waals surface area contributed by atoms with Crippen LogP contribution in [-0.2, 0) is 4.79 Å². The molecule has 1 saturated carbocycles. The van der Waals surface area contributed by atoms with Crippen LogP contribution < -0.4 is 15.5 Å². The minimum absolute atomic E-state index is 0.00145. The van der Waals surface area contributed by atoms with E-state index in [1.54, 1.807) is 0 Å². The van der Waals surface area contributed by atoms with Gasteiger partial charge in [0.15, 0.2) is 0 Å². The third-order valence-electron chi connectivity index (χ3n) is 6.55. The van der Waals surface area contributed by atoms with Crippen molar-refractivity contribution < 1.29 is 9.59 Å². The van der Waals surface area contributed by atoms with Gasteiger partial charge in [-0.1, -0.05) is 37.3 Å². The Morgan fingerprint density at radius 2 is 1.81 bits per heavy atom. The van der Waals surface area contributed by atoms with Gasteiger partial charge < -0.3 is 15.5 Å². The summed E-state index contributed by atoms with van der Waals surface area (Å²) >= 11 is 0. The van der Waals surface area contributed by atoms with Crippen LogP contribution in [0, 0.1) is 5.92 Å². The van der Waals surface area contributed by atoms with Crippen molar-refractivity contribution >= 4 is 23.2 Å². The number of carbonyl (C=O) groups excluding carboxylic acids is 2. The van der Waals surface area contributed by atoms with E-state index in [0.29, 0.717) is 17.2 Å². The summed E-state index contributed by atoms with van der Waals surface area (Å²) in [4.78, 5) is 28.2. The summed E-state index contributed by atoms with van der Waals surface area (Å²) in [6, 6.07) is 16.1. The van der Waals surface area contributed by atoms with Gasteiger partial charge in [-0.25, -0.2) is 0 Å². The fourth-order valence-corrected chi connectivity index (χ4v) is 4.40. The predicted molar refractivity (Wildman–Crippen MR) is 126 cm³/mol. The average molecular weight is 420 g/mol. The molecule has 0 bridgehead atoms. The van der Waals surface area contributed by atoms with Crippen molar-refractivity contribution in [2.45, 2.75) is 57.9 Å². The highest BCUT2D eigenvalue weighted by Crippen LogP contribution is 2.48. The molecule has 1 aliphatic carbocycles. The van der Waals surface area contributed by atoms with Gasteiger partial charge in [-0.2, -0.15) is 0 Å². The lowest BCUT2D eigenvalue weighted by Crippen LogP contribution is -2.35. The molecular formula is C26H33N3O2. The van der Waals surface area contributed by atoms with Gasteiger partial charge in [-0.15, -0.1) is 0 Å². The Balaban J connectivity index is 1.51. The van der Waals surface area contributed by atoms with Crippen molar-refractivity contribution in [2.24, 2.45) is 5.92 Å². The standard InChI is InChI=1S/C26H33N3O2/c1-3-18(2)27-26(31)23-16-20(12-13-24(23)29-14-8-5-9-15-29)28-25(30)22-17-21(22)19-10-6-4-7-11-19/h4,6-7,10-13,16,18,21-22H,3,5,8-9,14-15,17H2,1-2H3,(H,27,31)(H,28,30)/t18-,21+,22-/m1/s1. The summed E-state index contributed by atoms with van der Waals surface area (Å²) < 4.78 is 0. The maximum absolute atomic E-state index is 13.0. The largest absolute Gasteiger partial charge is 0.371 e. The number of carbonyl (C=O) groups is 2. The smallest absolute Gasteiger partial charge is 0.253 e. The van der Waals surface area contributed by atoms with Crippen LogP contribution in [0.4, 0.5) is 11.4 Å². The van der Waals surface area contributed by atoms with Crippen LogP contribution in [0.15, 0.2) is 48.5 Å². The molecule has 31 heavy (non-hydrogen) atoms. The van der Waals surface area contributed by atoms with Gasteiger partial charge in [0.05, 0.1) is 5.56 Å². The molecule has 2 aliphatic rings. The molecule has 5 heteroatoms. The molecule has 0 spiro atoms. The molecule has 1 heterocycles. The number of benzene rings is 2. The molecule has 0 radical (unpaired) electrons. The van der Waals surface area contributed by atoms with E-state index in [0.717, 1.165) is 44.5 Å². The summed E-state index contributed by atoms with van der Waals surface area (Å²) in [5.41, 5.74) is 3.53. The average Bonchev–Trinajstić information content (AvgIpc) is 3.61. The van der Waals surface area contributed by atoms with Crippen molar-refractivity contribution in [1.82, 2.24) is 5.32 Å². The zero-order chi connectivity index (χ0) is 21.8. The van der Waals surface area contributed by atoms with E-state index in [2.05, 4.69) is 34.6 Å². The first-order valence-electron chi connectivity index (χ1n) is 11.6. The van der Waals surface area contributed by atoms with E-state index in [9.17, 15) is 9.59 Å². The van der Waals surface area contributed by atoms with E-state index in [4.69, 9.17) is 0 Å². The fourth-order valence-electron chi connectivity index (χ4n) is 4.40. The second-order valence-corrected chi connectivity index (χ2v) is 8.91. The van der Waals surface area contributed by atoms with E-state index < -0.39 is 0 Å². The van der Waals surface area contributed by atoms with E-state index in [1.165, 1.54) is 12.0 Å². The molecule has 2 fully saturated rings. The highest BCUT2D eigenvalue weighted by Gasteiger charge is 2.43. The summed E-state index contributed by atoms with van der Waals surface area (Å²) in [5, 5.41) is 6.15. The minimum Gasteiger partial charge on any atom is -0.371 e. The molecule has 164 valence electrons.